The second kappa shape index (κ2) is 10.6. The molecule has 4 aromatic rings. The molecule has 1 fully saturated rings. The average molecular weight is 565 g/mol. The molecule has 1 atom stereocenters. The van der Waals surface area contributed by atoms with E-state index in [1.807, 2.05) is 25.1 Å². The molecule has 0 aliphatic heterocycles. The first-order valence-corrected chi connectivity index (χ1v) is 13.6. The van der Waals surface area contributed by atoms with Crippen molar-refractivity contribution in [3.63, 3.8) is 0 Å². The summed E-state index contributed by atoms with van der Waals surface area (Å²) >= 11 is 6.72. The highest BCUT2D eigenvalue weighted by Gasteiger charge is 2.54. The van der Waals surface area contributed by atoms with E-state index in [9.17, 15) is 14.0 Å². The van der Waals surface area contributed by atoms with Crippen molar-refractivity contribution in [2.45, 2.75) is 65.0 Å². The van der Waals surface area contributed by atoms with Gasteiger partial charge >= 0.3 is 0 Å². The largest absolute Gasteiger partial charge is 0.383 e. The van der Waals surface area contributed by atoms with Gasteiger partial charge in [-0.05, 0) is 42.9 Å². The lowest BCUT2D eigenvalue weighted by molar-refractivity contribution is 0.0593. The lowest BCUT2D eigenvalue weighted by Crippen LogP contribution is -2.26. The number of nitrogens with one attached hydrogen (secondary N) is 2. The molecule has 1 aromatic carbocycles. The molecule has 40 heavy (non-hydrogen) atoms. The molecule has 0 spiro atoms. The second-order valence-electron chi connectivity index (χ2n) is 11.4. The van der Waals surface area contributed by atoms with E-state index in [1.165, 1.54) is 10.9 Å². The number of anilines is 2. The van der Waals surface area contributed by atoms with Crippen molar-refractivity contribution in [3.05, 3.63) is 70.4 Å². The number of nitrogens with zero attached hydrogens (tertiary/aromatic N) is 6. The first kappa shape index (κ1) is 27.7. The zero-order chi connectivity index (χ0) is 28.7. The van der Waals surface area contributed by atoms with E-state index in [4.69, 9.17) is 11.6 Å². The lowest BCUT2D eigenvalue weighted by atomic mass is 9.96. The normalized spacial score (nSPS) is 15.2. The van der Waals surface area contributed by atoms with E-state index in [2.05, 4.69) is 57.8 Å². The Labute approximate surface area is 236 Å². The third kappa shape index (κ3) is 5.30. The highest BCUT2D eigenvalue weighted by molar-refractivity contribution is 6.35. The summed E-state index contributed by atoms with van der Waals surface area (Å²) in [6.07, 6.45) is 3.69. The molecule has 0 radical (unpaired) electrons. The number of pyridine rings is 2. The summed E-state index contributed by atoms with van der Waals surface area (Å²) in [4.78, 5) is 8.98. The molecule has 1 aliphatic carbocycles. The summed E-state index contributed by atoms with van der Waals surface area (Å²) in [6.45, 7) is 8.94. The summed E-state index contributed by atoms with van der Waals surface area (Å²) in [7, 11) is 0. The first-order chi connectivity index (χ1) is 19.1. The lowest BCUT2D eigenvalue weighted by Gasteiger charge is -2.23. The summed E-state index contributed by atoms with van der Waals surface area (Å²) in [5.74, 6) is 0. The molecule has 0 saturated heterocycles. The molecule has 3 aromatic heterocycles. The van der Waals surface area contributed by atoms with E-state index in [0.29, 0.717) is 64.4 Å². The van der Waals surface area contributed by atoms with Gasteiger partial charge in [-0.25, -0.2) is 13.5 Å². The van der Waals surface area contributed by atoms with E-state index >= 15 is 0 Å². The van der Waals surface area contributed by atoms with Crippen LogP contribution in [0.2, 0.25) is 5.02 Å². The Morgan fingerprint density at radius 1 is 1.23 bits per heavy atom. The van der Waals surface area contributed by atoms with Crippen molar-refractivity contribution in [1.82, 2.24) is 25.0 Å². The van der Waals surface area contributed by atoms with Crippen LogP contribution in [0, 0.1) is 16.7 Å². The minimum atomic E-state index is -2.53. The number of hydrogen-bond acceptors (Lipinski definition) is 7. The van der Waals surface area contributed by atoms with Crippen LogP contribution in [-0.2, 0) is 12.0 Å². The Hall–Kier alpha value is -3.84. The number of fused-ring (bicyclic) bond motifs is 1. The highest BCUT2D eigenvalue weighted by Crippen LogP contribution is 2.48. The number of aryl methyl sites for hydroxylation is 1. The van der Waals surface area contributed by atoms with E-state index in [1.54, 1.807) is 18.5 Å². The smallest absolute Gasteiger partial charge is 0.263 e. The van der Waals surface area contributed by atoms with Crippen molar-refractivity contribution < 1.29 is 8.78 Å². The van der Waals surface area contributed by atoms with Gasteiger partial charge < -0.3 is 10.6 Å². The number of halogens is 3. The van der Waals surface area contributed by atoms with Crippen LogP contribution in [0.3, 0.4) is 0 Å². The van der Waals surface area contributed by atoms with Crippen LogP contribution in [0.1, 0.15) is 69.1 Å². The topological polar surface area (TPSA) is 104 Å². The molecular formula is C29H31ClF2N8. The van der Waals surface area contributed by atoms with Gasteiger partial charge in [0.15, 0.2) is 0 Å². The van der Waals surface area contributed by atoms with Gasteiger partial charge in [0, 0.05) is 41.3 Å². The molecule has 8 nitrogen and oxygen atoms in total. The molecule has 1 aliphatic rings. The summed E-state index contributed by atoms with van der Waals surface area (Å²) in [5.41, 5.74) is 3.13. The van der Waals surface area contributed by atoms with Crippen molar-refractivity contribution in [2.75, 3.05) is 17.2 Å². The van der Waals surface area contributed by atoms with Crippen molar-refractivity contribution in [2.24, 2.45) is 5.41 Å². The van der Waals surface area contributed by atoms with Gasteiger partial charge in [0.25, 0.3) is 6.43 Å². The maximum atomic E-state index is 13.8. The molecule has 3 heterocycles. The molecule has 5 rings (SSSR count). The fraction of sp³-hybridized carbons (Fsp3) is 0.414. The van der Waals surface area contributed by atoms with Crippen LogP contribution < -0.4 is 10.6 Å². The summed E-state index contributed by atoms with van der Waals surface area (Å²) in [6, 6.07) is 9.11. The van der Waals surface area contributed by atoms with Gasteiger partial charge in [-0.15, -0.1) is 5.10 Å². The fourth-order valence-corrected chi connectivity index (χ4v) is 5.03. The quantitative estimate of drug-likeness (QED) is 0.232. The second-order valence-corrected chi connectivity index (χ2v) is 11.8. The van der Waals surface area contributed by atoms with Gasteiger partial charge in [-0.1, -0.05) is 50.6 Å². The molecule has 2 N–H and O–H groups in total. The first-order valence-electron chi connectivity index (χ1n) is 13.2. The Kier molecular flexibility index (Phi) is 7.36. The van der Waals surface area contributed by atoms with Crippen molar-refractivity contribution >= 4 is 33.9 Å². The zero-order valence-corrected chi connectivity index (χ0v) is 23.6. The number of nitriles is 1. The minimum Gasteiger partial charge on any atom is -0.383 e. The fourth-order valence-electron chi connectivity index (χ4n) is 4.76. The van der Waals surface area contributed by atoms with Crippen molar-refractivity contribution in [1.29, 1.82) is 5.26 Å². The molecule has 0 unspecified atom stereocenters. The SMILES string of the molecule is CCc1ncccc1[C@H](Nc1cc(Cl)c2ncc(C#N)c(NCC(C)(C)C)c2c1)c1cn(C2(C(F)F)CC2)nn1. The number of rotatable bonds is 9. The maximum absolute atomic E-state index is 13.8. The van der Waals surface area contributed by atoms with Crippen LogP contribution in [-0.4, -0.2) is 37.9 Å². The summed E-state index contributed by atoms with van der Waals surface area (Å²) < 4.78 is 28.9. The number of hydrogen-bond donors (Lipinski definition) is 2. The van der Waals surface area contributed by atoms with Crippen LogP contribution in [0.25, 0.3) is 10.9 Å². The molecule has 0 bridgehead atoms. The molecule has 11 heteroatoms. The maximum Gasteiger partial charge on any atom is 0.263 e. The number of aromatic nitrogens is 5. The van der Waals surface area contributed by atoms with Crippen LogP contribution in [0.15, 0.2) is 42.9 Å². The average Bonchev–Trinajstić information content (AvgIpc) is 3.60. The number of alkyl halides is 2. The standard InChI is InChI=1S/C29H31ClF2N8/c1-5-22-19(7-6-10-34-22)26(23-15-40(39-38-23)29(8-9-29)27(31)32)37-18-11-20-24(36-16-28(2,3)4)17(13-33)14-35-25(20)21(30)12-18/h6-7,10-12,14-15,26-27,37H,5,8-9,16H2,1-4H3,(H,35,36)/t26-/m0/s1. The highest BCUT2D eigenvalue weighted by atomic mass is 35.5. The van der Waals surface area contributed by atoms with Crippen LogP contribution in [0.4, 0.5) is 20.2 Å². The zero-order valence-electron chi connectivity index (χ0n) is 22.8. The van der Waals surface area contributed by atoms with Gasteiger partial charge in [0.1, 0.15) is 17.3 Å². The monoisotopic (exact) mass is 564 g/mol. The van der Waals surface area contributed by atoms with Gasteiger partial charge in [-0.2, -0.15) is 5.26 Å². The van der Waals surface area contributed by atoms with Gasteiger partial charge in [0.05, 0.1) is 34.0 Å². The van der Waals surface area contributed by atoms with E-state index in [-0.39, 0.29) is 5.41 Å². The van der Waals surface area contributed by atoms with Crippen molar-refractivity contribution in [3.8, 4) is 6.07 Å². The Bertz CT molecular complexity index is 1580. The molecule has 0 amide bonds. The van der Waals surface area contributed by atoms with Crippen LogP contribution >= 0.6 is 11.6 Å². The van der Waals surface area contributed by atoms with Gasteiger partial charge in [0.2, 0.25) is 0 Å². The van der Waals surface area contributed by atoms with Gasteiger partial charge in [-0.3, -0.25) is 9.97 Å². The van der Waals surface area contributed by atoms with E-state index < -0.39 is 18.0 Å². The molecule has 208 valence electrons. The third-order valence-corrected chi connectivity index (χ3v) is 7.44. The molecular weight excluding hydrogens is 534 g/mol. The van der Waals surface area contributed by atoms with E-state index in [0.717, 1.165) is 11.3 Å². The minimum absolute atomic E-state index is 0.0348. The predicted octanol–water partition coefficient (Wildman–Crippen LogP) is 6.72. The Morgan fingerprint density at radius 2 is 2.00 bits per heavy atom. The molecule has 1 saturated carbocycles. The predicted molar refractivity (Wildman–Crippen MR) is 152 cm³/mol. The number of benzene rings is 1. The Balaban J connectivity index is 1.61. The van der Waals surface area contributed by atoms with Crippen LogP contribution in [0.5, 0.6) is 0 Å². The third-order valence-electron chi connectivity index (χ3n) is 7.15. The summed E-state index contributed by atoms with van der Waals surface area (Å²) in [5, 5.41) is 26.3. The Morgan fingerprint density at radius 3 is 2.65 bits per heavy atom.